The molecule has 2 aromatic carbocycles. The summed E-state index contributed by atoms with van der Waals surface area (Å²) in [6.45, 7) is 0.620. The van der Waals surface area contributed by atoms with E-state index < -0.39 is 0 Å². The van der Waals surface area contributed by atoms with Gasteiger partial charge in [-0.2, -0.15) is 0 Å². The van der Waals surface area contributed by atoms with E-state index in [0.29, 0.717) is 12.1 Å². The van der Waals surface area contributed by atoms with Crippen molar-refractivity contribution in [3.63, 3.8) is 0 Å². The van der Waals surface area contributed by atoms with E-state index >= 15 is 0 Å². The largest absolute Gasteiger partial charge is 0.399 e. The molecule has 0 bridgehead atoms. The number of hydrogen-bond acceptors (Lipinski definition) is 2. The summed E-state index contributed by atoms with van der Waals surface area (Å²) in [5.41, 5.74) is 8.23. The zero-order valence-corrected chi connectivity index (χ0v) is 12.6. The molecule has 0 fully saturated rings. The second kappa shape index (κ2) is 6.56. The average Bonchev–Trinajstić information content (AvgIpc) is 2.41. The number of nitrogen functional groups attached to an aromatic ring is 1. The molecule has 0 atom stereocenters. The molecule has 0 aliphatic rings. The molecule has 0 aromatic heterocycles. The van der Waals surface area contributed by atoms with E-state index in [0.717, 1.165) is 21.2 Å². The van der Waals surface area contributed by atoms with Crippen LogP contribution in [0.4, 0.5) is 5.69 Å². The van der Waals surface area contributed by atoms with Crippen molar-refractivity contribution in [1.82, 2.24) is 5.32 Å². The molecule has 19 heavy (non-hydrogen) atoms. The standard InChI is InChI=1S/C15H15IN2O/c16-13-5-3-12(4-6-13)15(19)18-10-9-11-1-7-14(17)8-2-11/h1-8H,9-10,17H2,(H,18,19). The molecule has 98 valence electrons. The van der Waals surface area contributed by atoms with Crippen LogP contribution in [-0.4, -0.2) is 12.5 Å². The van der Waals surface area contributed by atoms with Gasteiger partial charge in [-0.05, 0) is 71.0 Å². The highest BCUT2D eigenvalue weighted by molar-refractivity contribution is 14.1. The second-order valence-electron chi connectivity index (χ2n) is 4.25. The lowest BCUT2D eigenvalue weighted by Crippen LogP contribution is -2.25. The average molecular weight is 366 g/mol. The fourth-order valence-corrected chi connectivity index (χ4v) is 2.07. The number of nitrogens with one attached hydrogen (secondary N) is 1. The van der Waals surface area contributed by atoms with Crippen LogP contribution in [0, 0.1) is 3.57 Å². The van der Waals surface area contributed by atoms with Crippen molar-refractivity contribution in [2.45, 2.75) is 6.42 Å². The van der Waals surface area contributed by atoms with Gasteiger partial charge in [0.05, 0.1) is 0 Å². The van der Waals surface area contributed by atoms with Gasteiger partial charge in [-0.25, -0.2) is 0 Å². The van der Waals surface area contributed by atoms with Crippen LogP contribution in [0.2, 0.25) is 0 Å². The number of hydrogen-bond donors (Lipinski definition) is 2. The van der Waals surface area contributed by atoms with Gasteiger partial charge in [0.1, 0.15) is 0 Å². The first-order valence-corrected chi connectivity index (χ1v) is 7.11. The lowest BCUT2D eigenvalue weighted by Gasteiger charge is -2.06. The predicted octanol–water partition coefficient (Wildman–Crippen LogP) is 2.85. The molecule has 0 unspecified atom stereocenters. The summed E-state index contributed by atoms with van der Waals surface area (Å²) in [7, 11) is 0. The Morgan fingerprint density at radius 2 is 1.68 bits per heavy atom. The summed E-state index contributed by atoms with van der Waals surface area (Å²) in [5, 5.41) is 2.91. The first kappa shape index (κ1) is 13.9. The van der Waals surface area contributed by atoms with Gasteiger partial charge in [0.25, 0.3) is 5.91 Å². The number of amides is 1. The van der Waals surface area contributed by atoms with Gasteiger partial charge in [-0.3, -0.25) is 4.79 Å². The van der Waals surface area contributed by atoms with Gasteiger partial charge in [-0.15, -0.1) is 0 Å². The topological polar surface area (TPSA) is 55.1 Å². The van der Waals surface area contributed by atoms with Crippen LogP contribution >= 0.6 is 22.6 Å². The van der Waals surface area contributed by atoms with Crippen molar-refractivity contribution in [2.75, 3.05) is 12.3 Å². The molecule has 0 aliphatic carbocycles. The fourth-order valence-electron chi connectivity index (χ4n) is 1.71. The monoisotopic (exact) mass is 366 g/mol. The number of carbonyl (C=O) groups is 1. The van der Waals surface area contributed by atoms with Crippen LogP contribution in [0.15, 0.2) is 48.5 Å². The third kappa shape index (κ3) is 4.24. The molecule has 2 rings (SSSR count). The van der Waals surface area contributed by atoms with E-state index in [1.54, 1.807) is 0 Å². The maximum Gasteiger partial charge on any atom is 0.251 e. The minimum absolute atomic E-state index is 0.0353. The quantitative estimate of drug-likeness (QED) is 0.646. The number of rotatable bonds is 4. The summed E-state index contributed by atoms with van der Waals surface area (Å²) in [4.78, 5) is 11.9. The third-order valence-corrected chi connectivity index (χ3v) is 3.50. The minimum Gasteiger partial charge on any atom is -0.399 e. The fraction of sp³-hybridized carbons (Fsp3) is 0.133. The number of nitrogens with two attached hydrogens (primary N) is 1. The van der Waals surface area contributed by atoms with Crippen LogP contribution in [0.3, 0.4) is 0 Å². The summed E-state index contributed by atoms with van der Waals surface area (Å²) < 4.78 is 1.12. The van der Waals surface area contributed by atoms with Crippen LogP contribution in [0.25, 0.3) is 0 Å². The molecule has 0 saturated heterocycles. The number of anilines is 1. The summed E-state index contributed by atoms with van der Waals surface area (Å²) >= 11 is 2.22. The van der Waals surface area contributed by atoms with Crippen LogP contribution in [0.1, 0.15) is 15.9 Å². The molecular formula is C15H15IN2O. The molecule has 3 nitrogen and oxygen atoms in total. The van der Waals surface area contributed by atoms with E-state index in [9.17, 15) is 4.79 Å². The highest BCUT2D eigenvalue weighted by atomic mass is 127. The van der Waals surface area contributed by atoms with Gasteiger partial charge >= 0.3 is 0 Å². The molecule has 1 amide bonds. The first-order chi connectivity index (χ1) is 9.15. The van der Waals surface area contributed by atoms with Crippen LogP contribution in [0.5, 0.6) is 0 Å². The Labute approximate surface area is 126 Å². The zero-order chi connectivity index (χ0) is 13.7. The Morgan fingerprint density at radius 3 is 2.32 bits per heavy atom. The van der Waals surface area contributed by atoms with Crippen molar-refractivity contribution in [3.05, 3.63) is 63.2 Å². The van der Waals surface area contributed by atoms with E-state index in [1.165, 1.54) is 0 Å². The lowest BCUT2D eigenvalue weighted by molar-refractivity contribution is 0.0954. The van der Waals surface area contributed by atoms with Gasteiger partial charge in [-0.1, -0.05) is 12.1 Å². The van der Waals surface area contributed by atoms with Crippen LogP contribution in [-0.2, 0) is 6.42 Å². The molecule has 0 heterocycles. The molecule has 2 aromatic rings. The molecular weight excluding hydrogens is 351 g/mol. The Bertz CT molecular complexity index is 549. The highest BCUT2D eigenvalue weighted by Gasteiger charge is 2.04. The number of carbonyl (C=O) groups excluding carboxylic acids is 1. The zero-order valence-electron chi connectivity index (χ0n) is 10.4. The lowest BCUT2D eigenvalue weighted by atomic mass is 10.1. The normalized spacial score (nSPS) is 10.2. The molecule has 0 aliphatic heterocycles. The molecule has 3 N–H and O–H groups in total. The second-order valence-corrected chi connectivity index (χ2v) is 5.50. The Morgan fingerprint density at radius 1 is 1.05 bits per heavy atom. The minimum atomic E-state index is -0.0353. The third-order valence-electron chi connectivity index (χ3n) is 2.79. The summed E-state index contributed by atoms with van der Waals surface area (Å²) in [5.74, 6) is -0.0353. The SMILES string of the molecule is Nc1ccc(CCNC(=O)c2ccc(I)cc2)cc1. The number of benzene rings is 2. The Hall–Kier alpha value is -1.56. The van der Waals surface area contributed by atoms with E-state index in [1.807, 2.05) is 48.5 Å². The maximum atomic E-state index is 11.9. The molecule has 0 spiro atoms. The van der Waals surface area contributed by atoms with Crippen molar-refractivity contribution in [3.8, 4) is 0 Å². The van der Waals surface area contributed by atoms with Crippen LogP contribution < -0.4 is 11.1 Å². The molecule has 0 saturated carbocycles. The molecule has 0 radical (unpaired) electrons. The van der Waals surface area contributed by atoms with Gasteiger partial charge in [0.2, 0.25) is 0 Å². The van der Waals surface area contributed by atoms with Crippen molar-refractivity contribution in [1.29, 1.82) is 0 Å². The van der Waals surface area contributed by atoms with Gasteiger partial charge in [0, 0.05) is 21.4 Å². The van der Waals surface area contributed by atoms with Crippen molar-refractivity contribution < 1.29 is 4.79 Å². The van der Waals surface area contributed by atoms with Gasteiger partial charge in [0.15, 0.2) is 0 Å². The predicted molar refractivity (Wildman–Crippen MR) is 86.1 cm³/mol. The molecule has 4 heteroatoms. The Balaban J connectivity index is 1.84. The smallest absolute Gasteiger partial charge is 0.251 e. The summed E-state index contributed by atoms with van der Waals surface area (Å²) in [6, 6.07) is 15.2. The Kier molecular flexibility index (Phi) is 4.79. The van der Waals surface area contributed by atoms with Gasteiger partial charge < -0.3 is 11.1 Å². The van der Waals surface area contributed by atoms with E-state index in [-0.39, 0.29) is 5.91 Å². The van der Waals surface area contributed by atoms with Crippen molar-refractivity contribution >= 4 is 34.2 Å². The maximum absolute atomic E-state index is 11.9. The van der Waals surface area contributed by atoms with E-state index in [2.05, 4.69) is 27.9 Å². The summed E-state index contributed by atoms with van der Waals surface area (Å²) in [6.07, 6.45) is 0.802. The highest BCUT2D eigenvalue weighted by Crippen LogP contribution is 2.07. The number of halogens is 1. The van der Waals surface area contributed by atoms with Crippen molar-refractivity contribution in [2.24, 2.45) is 0 Å². The first-order valence-electron chi connectivity index (χ1n) is 6.03. The van der Waals surface area contributed by atoms with E-state index in [4.69, 9.17) is 5.73 Å².